The van der Waals surface area contributed by atoms with Gasteiger partial charge in [-0.05, 0) is 44.5 Å². The first-order valence-electron chi connectivity index (χ1n) is 7.94. The highest BCUT2D eigenvalue weighted by Crippen LogP contribution is 2.17. The predicted molar refractivity (Wildman–Crippen MR) is 94.9 cm³/mol. The largest absolute Gasteiger partial charge is 0.324 e. The first-order chi connectivity index (χ1) is 12.0. The summed E-state index contributed by atoms with van der Waals surface area (Å²) in [7, 11) is 0. The van der Waals surface area contributed by atoms with Crippen molar-refractivity contribution in [2.75, 3.05) is 5.32 Å². The maximum absolute atomic E-state index is 12.6. The Bertz CT molecular complexity index is 960. The summed E-state index contributed by atoms with van der Waals surface area (Å²) in [5.41, 5.74) is 2.46. The average Bonchev–Trinajstić information content (AvgIpc) is 3.11. The molecule has 0 radical (unpaired) electrons. The highest BCUT2D eigenvalue weighted by molar-refractivity contribution is 5.94. The summed E-state index contributed by atoms with van der Waals surface area (Å²) in [6, 6.07) is 9.72. The second-order valence-corrected chi connectivity index (χ2v) is 5.91. The zero-order valence-electron chi connectivity index (χ0n) is 14.3. The molecule has 2 aromatic heterocycles. The van der Waals surface area contributed by atoms with Gasteiger partial charge in [0.15, 0.2) is 5.82 Å². The summed E-state index contributed by atoms with van der Waals surface area (Å²) >= 11 is 0. The lowest BCUT2D eigenvalue weighted by Crippen LogP contribution is -2.33. The molecule has 2 heterocycles. The molecule has 0 aliphatic carbocycles. The maximum atomic E-state index is 12.6. The van der Waals surface area contributed by atoms with Crippen LogP contribution in [0.25, 0.3) is 5.82 Å². The van der Waals surface area contributed by atoms with Crippen molar-refractivity contribution < 1.29 is 4.79 Å². The lowest BCUT2D eigenvalue weighted by molar-refractivity contribution is -0.119. The number of nitrogens with zero attached hydrogens (tertiary/aromatic N) is 4. The first-order valence-corrected chi connectivity index (χ1v) is 7.94. The molecule has 0 bridgehead atoms. The molecule has 1 unspecified atom stereocenters. The van der Waals surface area contributed by atoms with E-state index in [2.05, 4.69) is 15.5 Å². The second-order valence-electron chi connectivity index (χ2n) is 5.91. The molecule has 0 aliphatic rings. The zero-order valence-corrected chi connectivity index (χ0v) is 14.3. The molecule has 1 atom stereocenters. The van der Waals surface area contributed by atoms with E-state index in [0.29, 0.717) is 5.82 Å². The predicted octanol–water partition coefficient (Wildman–Crippen LogP) is 2.25. The molecule has 3 rings (SSSR count). The molecule has 1 N–H and O–H groups in total. The molecule has 3 aromatic rings. The van der Waals surface area contributed by atoms with E-state index in [1.165, 1.54) is 10.7 Å². The molecular formula is C18H19N5O2. The van der Waals surface area contributed by atoms with Crippen molar-refractivity contribution in [3.63, 3.8) is 0 Å². The van der Waals surface area contributed by atoms with Crippen molar-refractivity contribution in [3.05, 3.63) is 70.3 Å². The summed E-state index contributed by atoms with van der Waals surface area (Å²) in [5, 5.41) is 11.2. The van der Waals surface area contributed by atoms with Gasteiger partial charge in [0.05, 0.1) is 0 Å². The Morgan fingerprint density at radius 3 is 2.68 bits per heavy atom. The Morgan fingerprint density at radius 1 is 1.20 bits per heavy atom. The smallest absolute Gasteiger partial charge is 0.267 e. The van der Waals surface area contributed by atoms with Gasteiger partial charge < -0.3 is 5.32 Å². The summed E-state index contributed by atoms with van der Waals surface area (Å²) in [6.45, 7) is 5.56. The molecule has 1 amide bonds. The second kappa shape index (κ2) is 6.72. The van der Waals surface area contributed by atoms with E-state index in [0.717, 1.165) is 21.5 Å². The van der Waals surface area contributed by atoms with Gasteiger partial charge in [0.1, 0.15) is 6.04 Å². The Hall–Kier alpha value is -3.22. The fourth-order valence-electron chi connectivity index (χ4n) is 2.52. The molecule has 0 spiro atoms. The van der Waals surface area contributed by atoms with Crippen molar-refractivity contribution in [2.24, 2.45) is 0 Å². The lowest BCUT2D eigenvalue weighted by atomic mass is 10.1. The third-order valence-corrected chi connectivity index (χ3v) is 3.94. The van der Waals surface area contributed by atoms with Crippen molar-refractivity contribution in [1.82, 2.24) is 19.6 Å². The average molecular weight is 337 g/mol. The molecule has 128 valence electrons. The van der Waals surface area contributed by atoms with Crippen LogP contribution in [0.4, 0.5) is 5.69 Å². The van der Waals surface area contributed by atoms with Gasteiger partial charge in [-0.1, -0.05) is 17.7 Å². The number of amides is 1. The van der Waals surface area contributed by atoms with Crippen molar-refractivity contribution in [3.8, 4) is 5.82 Å². The minimum absolute atomic E-state index is 0.306. The van der Waals surface area contributed by atoms with Crippen LogP contribution in [0, 0.1) is 13.8 Å². The van der Waals surface area contributed by atoms with Crippen molar-refractivity contribution in [1.29, 1.82) is 0 Å². The molecule has 0 saturated carbocycles. The van der Waals surface area contributed by atoms with Crippen LogP contribution < -0.4 is 10.9 Å². The summed E-state index contributed by atoms with van der Waals surface area (Å²) in [5.74, 6) is 0.162. The minimum Gasteiger partial charge on any atom is -0.324 e. The third-order valence-electron chi connectivity index (χ3n) is 3.94. The Morgan fingerprint density at radius 2 is 2.00 bits per heavy atom. The first kappa shape index (κ1) is 16.6. The van der Waals surface area contributed by atoms with E-state index in [1.807, 2.05) is 32.0 Å². The number of carbonyl (C=O) groups excluding carboxylic acids is 1. The Kier molecular flexibility index (Phi) is 4.47. The van der Waals surface area contributed by atoms with Crippen LogP contribution in [-0.4, -0.2) is 25.5 Å². The molecule has 0 saturated heterocycles. The summed E-state index contributed by atoms with van der Waals surface area (Å²) in [6.07, 6.45) is 3.34. The SMILES string of the molecule is Cc1ccc(NC(=O)C(C)n2nc(-n3cccn3)ccc2=O)c(C)c1. The summed E-state index contributed by atoms with van der Waals surface area (Å²) in [4.78, 5) is 24.7. The normalized spacial score (nSPS) is 12.0. The van der Waals surface area contributed by atoms with Crippen molar-refractivity contribution in [2.45, 2.75) is 26.8 Å². The van der Waals surface area contributed by atoms with E-state index in [-0.39, 0.29) is 11.5 Å². The molecule has 7 heteroatoms. The third kappa shape index (κ3) is 3.50. The number of benzene rings is 1. The maximum Gasteiger partial charge on any atom is 0.267 e. The summed E-state index contributed by atoms with van der Waals surface area (Å²) < 4.78 is 2.69. The van der Waals surface area contributed by atoms with E-state index in [9.17, 15) is 9.59 Å². The number of hydrogen-bond donors (Lipinski definition) is 1. The number of aryl methyl sites for hydroxylation is 2. The minimum atomic E-state index is -0.760. The van der Waals surface area contributed by atoms with E-state index in [1.54, 1.807) is 31.5 Å². The number of nitrogens with one attached hydrogen (secondary N) is 1. The standard InChI is InChI=1S/C18H19N5O2/c1-12-5-6-15(13(2)11-12)20-18(25)14(3)23-17(24)8-7-16(21-23)22-10-4-9-19-22/h4-11,14H,1-3H3,(H,20,25). The molecule has 0 aliphatic heterocycles. The number of rotatable bonds is 4. The van der Waals surface area contributed by atoms with Crippen LogP contribution >= 0.6 is 0 Å². The van der Waals surface area contributed by atoms with E-state index >= 15 is 0 Å². The zero-order chi connectivity index (χ0) is 18.0. The van der Waals surface area contributed by atoms with Gasteiger partial charge in [0.25, 0.3) is 5.56 Å². The Balaban J connectivity index is 1.87. The van der Waals surface area contributed by atoms with Crippen LogP contribution in [0.3, 0.4) is 0 Å². The van der Waals surface area contributed by atoms with Crippen LogP contribution in [0.2, 0.25) is 0 Å². The fraction of sp³-hybridized carbons (Fsp3) is 0.222. The molecular weight excluding hydrogens is 318 g/mol. The van der Waals surface area contributed by atoms with Gasteiger partial charge in [-0.25, -0.2) is 9.36 Å². The van der Waals surface area contributed by atoms with Crippen LogP contribution in [0.15, 0.2) is 53.6 Å². The fourth-order valence-corrected chi connectivity index (χ4v) is 2.52. The Labute approximate surface area is 144 Å². The molecule has 1 aromatic carbocycles. The monoisotopic (exact) mass is 337 g/mol. The number of carbonyl (C=O) groups is 1. The molecule has 25 heavy (non-hydrogen) atoms. The van der Waals surface area contributed by atoms with Gasteiger partial charge in [-0.2, -0.15) is 5.10 Å². The van der Waals surface area contributed by atoms with Gasteiger partial charge in [-0.15, -0.1) is 5.10 Å². The topological polar surface area (TPSA) is 81.8 Å². The lowest BCUT2D eigenvalue weighted by Gasteiger charge is -2.16. The highest BCUT2D eigenvalue weighted by atomic mass is 16.2. The van der Waals surface area contributed by atoms with Crippen LogP contribution in [-0.2, 0) is 4.79 Å². The highest BCUT2D eigenvalue weighted by Gasteiger charge is 2.19. The number of hydrogen-bond acceptors (Lipinski definition) is 4. The van der Waals surface area contributed by atoms with Crippen LogP contribution in [0.5, 0.6) is 0 Å². The van der Waals surface area contributed by atoms with Gasteiger partial charge in [0.2, 0.25) is 5.91 Å². The van der Waals surface area contributed by atoms with Gasteiger partial charge in [-0.3, -0.25) is 9.59 Å². The number of anilines is 1. The quantitative estimate of drug-likeness (QED) is 0.791. The molecule has 0 fully saturated rings. The number of aromatic nitrogens is 4. The van der Waals surface area contributed by atoms with Gasteiger partial charge >= 0.3 is 0 Å². The van der Waals surface area contributed by atoms with Crippen LogP contribution in [0.1, 0.15) is 24.1 Å². The molecule has 7 nitrogen and oxygen atoms in total. The van der Waals surface area contributed by atoms with Crippen molar-refractivity contribution >= 4 is 11.6 Å². The van der Waals surface area contributed by atoms with E-state index in [4.69, 9.17) is 0 Å². The van der Waals surface area contributed by atoms with Gasteiger partial charge in [0, 0.05) is 24.1 Å². The van der Waals surface area contributed by atoms with E-state index < -0.39 is 6.04 Å².